The third-order valence-corrected chi connectivity index (χ3v) is 2.71. The molecule has 0 aliphatic rings. The van der Waals surface area contributed by atoms with Crippen LogP contribution in [0.5, 0.6) is 5.75 Å². The van der Waals surface area contributed by atoms with E-state index in [-0.39, 0.29) is 11.3 Å². The lowest BCUT2D eigenvalue weighted by atomic mass is 9.86. The van der Waals surface area contributed by atoms with Crippen LogP contribution in [0.3, 0.4) is 0 Å². The Hall–Kier alpha value is -2.18. The molecule has 21 heavy (non-hydrogen) atoms. The Labute approximate surface area is 120 Å². The van der Waals surface area contributed by atoms with Gasteiger partial charge in [-0.25, -0.2) is 4.79 Å². The first-order chi connectivity index (χ1) is 9.61. The predicted octanol–water partition coefficient (Wildman–Crippen LogP) is 2.52. The van der Waals surface area contributed by atoms with Gasteiger partial charge < -0.3 is 15.2 Å². The molecule has 0 spiro atoms. The van der Waals surface area contributed by atoms with E-state index in [0.717, 1.165) is 6.07 Å². The topological polar surface area (TPSA) is 75.6 Å². The summed E-state index contributed by atoms with van der Waals surface area (Å²) in [5, 5.41) is 11.5. The summed E-state index contributed by atoms with van der Waals surface area (Å²) in [6.07, 6.45) is 0. The number of hydrogen-bond acceptors (Lipinski definition) is 3. The van der Waals surface area contributed by atoms with Gasteiger partial charge in [-0.15, -0.1) is 0 Å². The summed E-state index contributed by atoms with van der Waals surface area (Å²) in [5.74, 6) is -2.01. The fourth-order valence-electron chi connectivity index (χ4n) is 1.68. The Morgan fingerprint density at radius 1 is 1.29 bits per heavy atom. The lowest BCUT2D eigenvalue weighted by molar-refractivity contribution is -0.142. The second kappa shape index (κ2) is 6.51. The van der Waals surface area contributed by atoms with E-state index in [9.17, 15) is 18.4 Å². The zero-order chi connectivity index (χ0) is 16.2. The molecule has 1 atom stereocenters. The van der Waals surface area contributed by atoms with E-state index in [1.54, 1.807) is 20.8 Å². The van der Waals surface area contributed by atoms with Crippen LogP contribution in [-0.4, -0.2) is 29.6 Å². The van der Waals surface area contributed by atoms with E-state index >= 15 is 0 Å². The van der Waals surface area contributed by atoms with Crippen molar-refractivity contribution >= 4 is 11.9 Å². The summed E-state index contributed by atoms with van der Waals surface area (Å²) >= 11 is 0. The summed E-state index contributed by atoms with van der Waals surface area (Å²) in [4.78, 5) is 23.2. The second-order valence-corrected chi connectivity index (χ2v) is 5.52. The Morgan fingerprint density at radius 2 is 1.90 bits per heavy atom. The molecule has 0 radical (unpaired) electrons. The van der Waals surface area contributed by atoms with Crippen LogP contribution in [0.4, 0.5) is 8.78 Å². The highest BCUT2D eigenvalue weighted by Gasteiger charge is 2.32. The molecule has 0 saturated carbocycles. The first-order valence-electron chi connectivity index (χ1n) is 6.20. The van der Waals surface area contributed by atoms with Crippen molar-refractivity contribution in [2.45, 2.75) is 33.4 Å². The minimum absolute atomic E-state index is 0.0450. The van der Waals surface area contributed by atoms with Gasteiger partial charge in [-0.05, 0) is 23.6 Å². The predicted molar refractivity (Wildman–Crippen MR) is 71.4 cm³/mol. The first-order valence-corrected chi connectivity index (χ1v) is 6.20. The van der Waals surface area contributed by atoms with Crippen LogP contribution >= 0.6 is 0 Å². The molecule has 0 bridgehead atoms. The highest BCUT2D eigenvalue weighted by atomic mass is 19.3. The van der Waals surface area contributed by atoms with E-state index in [2.05, 4.69) is 10.1 Å². The van der Waals surface area contributed by atoms with E-state index in [0.29, 0.717) is 0 Å². The summed E-state index contributed by atoms with van der Waals surface area (Å²) in [6, 6.07) is 4.06. The number of carboxylic acids is 1. The highest BCUT2D eigenvalue weighted by molar-refractivity contribution is 5.97. The van der Waals surface area contributed by atoms with Gasteiger partial charge in [0, 0.05) is 5.56 Å². The van der Waals surface area contributed by atoms with Crippen LogP contribution in [-0.2, 0) is 4.79 Å². The molecule has 0 heterocycles. The Balaban J connectivity index is 2.90. The number of aliphatic carboxylic acids is 1. The smallest absolute Gasteiger partial charge is 0.387 e. The average molecular weight is 301 g/mol. The zero-order valence-corrected chi connectivity index (χ0v) is 11.9. The standard InChI is InChI=1S/C14H17F2NO4/c1-14(2,3)10(12(19)20)17-11(18)8-5-4-6-9(7-8)21-13(15)16/h4-7,10,13H,1-3H3,(H,17,18)(H,19,20)/t10-/m0/s1. The third kappa shape index (κ3) is 5.02. The maximum Gasteiger partial charge on any atom is 0.387 e. The third-order valence-electron chi connectivity index (χ3n) is 2.71. The van der Waals surface area contributed by atoms with Crippen LogP contribution in [0.15, 0.2) is 24.3 Å². The quantitative estimate of drug-likeness (QED) is 0.876. The Bertz CT molecular complexity index is 526. The van der Waals surface area contributed by atoms with Gasteiger partial charge in [0.2, 0.25) is 0 Å². The summed E-state index contributed by atoms with van der Waals surface area (Å²) in [6.45, 7) is 2.01. The van der Waals surface area contributed by atoms with Crippen molar-refractivity contribution in [3.05, 3.63) is 29.8 Å². The van der Waals surface area contributed by atoms with Crippen LogP contribution in [0.25, 0.3) is 0 Å². The molecule has 0 saturated heterocycles. The number of hydrogen-bond donors (Lipinski definition) is 2. The number of rotatable bonds is 5. The van der Waals surface area contributed by atoms with E-state index in [1.165, 1.54) is 18.2 Å². The fraction of sp³-hybridized carbons (Fsp3) is 0.429. The molecule has 1 amide bonds. The van der Waals surface area contributed by atoms with Crippen molar-refractivity contribution in [3.8, 4) is 5.75 Å². The van der Waals surface area contributed by atoms with Crippen LogP contribution in [0, 0.1) is 5.41 Å². The lowest BCUT2D eigenvalue weighted by Crippen LogP contribution is -2.49. The van der Waals surface area contributed by atoms with Gasteiger partial charge in [-0.2, -0.15) is 8.78 Å². The van der Waals surface area contributed by atoms with Gasteiger partial charge in [-0.3, -0.25) is 4.79 Å². The maximum absolute atomic E-state index is 12.1. The van der Waals surface area contributed by atoms with Gasteiger partial charge in [0.25, 0.3) is 5.91 Å². The van der Waals surface area contributed by atoms with Crippen molar-refractivity contribution in [1.82, 2.24) is 5.32 Å². The van der Waals surface area contributed by atoms with Gasteiger partial charge in [0.15, 0.2) is 0 Å². The molecule has 0 aliphatic carbocycles. The lowest BCUT2D eigenvalue weighted by Gasteiger charge is -2.27. The average Bonchev–Trinajstić information content (AvgIpc) is 2.33. The van der Waals surface area contributed by atoms with Crippen LogP contribution < -0.4 is 10.1 Å². The normalized spacial score (nSPS) is 12.9. The Kier molecular flexibility index (Phi) is 5.23. The van der Waals surface area contributed by atoms with Gasteiger partial charge in [0.05, 0.1) is 0 Å². The van der Waals surface area contributed by atoms with Crippen molar-refractivity contribution < 1.29 is 28.2 Å². The molecule has 0 fully saturated rings. The van der Waals surface area contributed by atoms with Crippen molar-refractivity contribution in [1.29, 1.82) is 0 Å². The molecule has 2 N–H and O–H groups in total. The molecular weight excluding hydrogens is 284 g/mol. The largest absolute Gasteiger partial charge is 0.480 e. The van der Waals surface area contributed by atoms with E-state index in [1.807, 2.05) is 0 Å². The van der Waals surface area contributed by atoms with Crippen LogP contribution in [0.2, 0.25) is 0 Å². The maximum atomic E-state index is 12.1. The van der Waals surface area contributed by atoms with E-state index < -0.39 is 29.9 Å². The van der Waals surface area contributed by atoms with E-state index in [4.69, 9.17) is 5.11 Å². The zero-order valence-electron chi connectivity index (χ0n) is 11.9. The number of ether oxygens (including phenoxy) is 1. The number of carbonyl (C=O) groups is 2. The molecule has 0 unspecified atom stereocenters. The SMILES string of the molecule is CC(C)(C)[C@@H](NC(=O)c1cccc(OC(F)F)c1)C(=O)O. The second-order valence-electron chi connectivity index (χ2n) is 5.52. The van der Waals surface area contributed by atoms with Gasteiger partial charge in [-0.1, -0.05) is 26.8 Å². The monoisotopic (exact) mass is 301 g/mol. The molecular formula is C14H17F2NO4. The number of alkyl halides is 2. The number of nitrogens with one attached hydrogen (secondary N) is 1. The van der Waals surface area contributed by atoms with Crippen molar-refractivity contribution in [2.75, 3.05) is 0 Å². The first kappa shape index (κ1) is 16.9. The van der Waals surface area contributed by atoms with Crippen LogP contribution in [0.1, 0.15) is 31.1 Å². The summed E-state index contributed by atoms with van der Waals surface area (Å²) in [5.41, 5.74) is -0.651. The summed E-state index contributed by atoms with van der Waals surface area (Å²) in [7, 11) is 0. The highest BCUT2D eigenvalue weighted by Crippen LogP contribution is 2.21. The summed E-state index contributed by atoms with van der Waals surface area (Å²) < 4.78 is 28.4. The van der Waals surface area contributed by atoms with Crippen molar-refractivity contribution in [2.24, 2.45) is 5.41 Å². The van der Waals surface area contributed by atoms with Gasteiger partial charge >= 0.3 is 12.6 Å². The molecule has 1 aromatic rings. The molecule has 1 rings (SSSR count). The number of carbonyl (C=O) groups excluding carboxylic acids is 1. The number of amides is 1. The molecule has 1 aromatic carbocycles. The minimum atomic E-state index is -3.00. The molecule has 116 valence electrons. The molecule has 0 aromatic heterocycles. The number of carboxylic acid groups (broad SMARTS) is 1. The minimum Gasteiger partial charge on any atom is -0.480 e. The van der Waals surface area contributed by atoms with Crippen molar-refractivity contribution in [3.63, 3.8) is 0 Å². The number of halogens is 2. The molecule has 7 heteroatoms. The fourth-order valence-corrected chi connectivity index (χ4v) is 1.68. The Morgan fingerprint density at radius 3 is 2.38 bits per heavy atom. The number of benzene rings is 1. The molecule has 5 nitrogen and oxygen atoms in total. The van der Waals surface area contributed by atoms with Gasteiger partial charge in [0.1, 0.15) is 11.8 Å². The molecule has 0 aliphatic heterocycles.